The third-order valence-electron chi connectivity index (χ3n) is 1.86. The molecule has 0 radical (unpaired) electrons. The van der Waals surface area contributed by atoms with Gasteiger partial charge in [0.15, 0.2) is 6.29 Å². The van der Waals surface area contributed by atoms with Gasteiger partial charge in [0.05, 0.1) is 10.5 Å². The average molecular weight is 210 g/mol. The summed E-state index contributed by atoms with van der Waals surface area (Å²) in [7, 11) is 0. The van der Waals surface area contributed by atoms with E-state index in [1.54, 1.807) is 0 Å². The second-order valence-electron chi connectivity index (χ2n) is 2.81. The van der Waals surface area contributed by atoms with Gasteiger partial charge in [-0.3, -0.25) is 4.79 Å². The lowest BCUT2D eigenvalue weighted by atomic mass is 10.2. The van der Waals surface area contributed by atoms with E-state index in [4.69, 9.17) is 11.6 Å². The van der Waals surface area contributed by atoms with Gasteiger partial charge in [-0.1, -0.05) is 11.6 Å². The van der Waals surface area contributed by atoms with E-state index in [1.807, 2.05) is 0 Å². The van der Waals surface area contributed by atoms with E-state index >= 15 is 0 Å². The van der Waals surface area contributed by atoms with Gasteiger partial charge in [-0.2, -0.15) is 0 Å². The first-order valence-electron chi connectivity index (χ1n) is 3.91. The third-order valence-corrected chi connectivity index (χ3v) is 2.17. The largest absolute Gasteiger partial charge is 0.296 e. The average Bonchev–Trinajstić information content (AvgIpc) is 2.16. The molecule has 2 aromatic rings. The van der Waals surface area contributed by atoms with Gasteiger partial charge >= 0.3 is 0 Å². The zero-order valence-corrected chi connectivity index (χ0v) is 7.75. The molecule has 1 aromatic heterocycles. The Hall–Kier alpha value is -1.48. The first-order chi connectivity index (χ1) is 6.70. The summed E-state index contributed by atoms with van der Waals surface area (Å²) in [6.07, 6.45) is 0.580. The number of benzene rings is 1. The molecule has 0 bridgehead atoms. The molecule has 0 atom stereocenters. The summed E-state index contributed by atoms with van der Waals surface area (Å²) in [5.74, 6) is -0.399. The molecule has 0 amide bonds. The molecule has 0 spiro atoms. The fourth-order valence-electron chi connectivity index (χ4n) is 1.24. The zero-order chi connectivity index (χ0) is 10.1. The molecule has 1 heterocycles. The van der Waals surface area contributed by atoms with Gasteiger partial charge < -0.3 is 0 Å². The van der Waals surface area contributed by atoms with E-state index < -0.39 is 5.82 Å². The summed E-state index contributed by atoms with van der Waals surface area (Å²) in [6.45, 7) is 0. The first-order valence-corrected chi connectivity index (χ1v) is 4.29. The van der Waals surface area contributed by atoms with Crippen molar-refractivity contribution in [2.45, 2.75) is 0 Å². The number of hydrogen-bond acceptors (Lipinski definition) is 2. The van der Waals surface area contributed by atoms with Crippen molar-refractivity contribution in [2.75, 3.05) is 0 Å². The molecule has 70 valence electrons. The van der Waals surface area contributed by atoms with Gasteiger partial charge in [-0.05, 0) is 18.2 Å². The number of aromatic nitrogens is 1. The minimum atomic E-state index is -0.399. The Bertz CT molecular complexity index is 513. The highest BCUT2D eigenvalue weighted by molar-refractivity contribution is 6.35. The number of nitrogens with zero attached hydrogens (tertiary/aromatic N) is 1. The van der Waals surface area contributed by atoms with E-state index in [9.17, 15) is 9.18 Å². The van der Waals surface area contributed by atoms with Crippen LogP contribution in [0, 0.1) is 5.82 Å². The summed E-state index contributed by atoms with van der Waals surface area (Å²) in [6, 6.07) is 5.54. The Morgan fingerprint density at radius 3 is 2.86 bits per heavy atom. The lowest BCUT2D eigenvalue weighted by Crippen LogP contribution is -1.89. The Kier molecular flexibility index (Phi) is 2.17. The molecule has 0 unspecified atom stereocenters. The lowest BCUT2D eigenvalue weighted by molar-refractivity contribution is 0.111. The molecule has 2 rings (SSSR count). The van der Waals surface area contributed by atoms with Crippen LogP contribution in [-0.2, 0) is 0 Å². The fourth-order valence-corrected chi connectivity index (χ4v) is 1.51. The van der Waals surface area contributed by atoms with E-state index in [1.165, 1.54) is 24.3 Å². The van der Waals surface area contributed by atoms with Crippen molar-refractivity contribution in [1.29, 1.82) is 0 Å². The van der Waals surface area contributed by atoms with Crippen LogP contribution in [0.15, 0.2) is 24.3 Å². The number of fused-ring (bicyclic) bond motifs is 1. The van der Waals surface area contributed by atoms with Crippen molar-refractivity contribution in [3.8, 4) is 0 Å². The van der Waals surface area contributed by atoms with E-state index in [0.29, 0.717) is 22.2 Å². The Balaban J connectivity index is 2.83. The maximum absolute atomic E-state index is 12.8. The van der Waals surface area contributed by atoms with Crippen molar-refractivity contribution >= 4 is 28.8 Å². The highest BCUT2D eigenvalue weighted by atomic mass is 35.5. The Morgan fingerprint density at radius 2 is 2.14 bits per heavy atom. The molecular weight excluding hydrogens is 205 g/mol. The van der Waals surface area contributed by atoms with Crippen LogP contribution in [0.3, 0.4) is 0 Å². The number of carbonyl (C=O) groups is 1. The van der Waals surface area contributed by atoms with Crippen LogP contribution in [0.2, 0.25) is 5.02 Å². The van der Waals surface area contributed by atoms with Gasteiger partial charge in [-0.15, -0.1) is 0 Å². The number of carbonyl (C=O) groups excluding carboxylic acids is 1. The standard InChI is InChI=1S/C10H5ClFNO/c11-9-4-7(5-14)13-10-3-6(12)1-2-8(9)10/h1-5H. The summed E-state index contributed by atoms with van der Waals surface area (Å²) in [4.78, 5) is 14.4. The van der Waals surface area contributed by atoms with Gasteiger partial charge in [0.25, 0.3) is 0 Å². The van der Waals surface area contributed by atoms with Crippen LogP contribution >= 0.6 is 11.6 Å². The molecule has 0 saturated heterocycles. The molecule has 1 aromatic carbocycles. The summed E-state index contributed by atoms with van der Waals surface area (Å²) >= 11 is 5.87. The van der Waals surface area contributed by atoms with E-state index in [-0.39, 0.29) is 5.69 Å². The van der Waals surface area contributed by atoms with Crippen LogP contribution in [-0.4, -0.2) is 11.3 Å². The maximum Gasteiger partial charge on any atom is 0.168 e. The van der Waals surface area contributed by atoms with Crippen LogP contribution in [0.4, 0.5) is 4.39 Å². The highest BCUT2D eigenvalue weighted by Crippen LogP contribution is 2.23. The molecule has 0 N–H and O–H groups in total. The smallest absolute Gasteiger partial charge is 0.168 e. The predicted molar refractivity (Wildman–Crippen MR) is 52.1 cm³/mol. The van der Waals surface area contributed by atoms with Gasteiger partial charge in [0.2, 0.25) is 0 Å². The minimum Gasteiger partial charge on any atom is -0.296 e. The van der Waals surface area contributed by atoms with Gasteiger partial charge in [0.1, 0.15) is 11.5 Å². The molecule has 2 nitrogen and oxygen atoms in total. The first kappa shape index (κ1) is 9.09. The van der Waals surface area contributed by atoms with Crippen molar-refractivity contribution in [3.05, 3.63) is 40.8 Å². The SMILES string of the molecule is O=Cc1cc(Cl)c2ccc(F)cc2n1. The highest BCUT2D eigenvalue weighted by Gasteiger charge is 2.04. The van der Waals surface area contributed by atoms with Gasteiger partial charge in [0, 0.05) is 11.5 Å². The summed E-state index contributed by atoms with van der Waals surface area (Å²) in [5.41, 5.74) is 0.590. The second kappa shape index (κ2) is 3.35. The number of hydrogen-bond donors (Lipinski definition) is 0. The number of aldehydes is 1. The van der Waals surface area contributed by atoms with Crippen LogP contribution < -0.4 is 0 Å². The lowest BCUT2D eigenvalue weighted by Gasteiger charge is -2.00. The molecule has 0 aliphatic rings. The topological polar surface area (TPSA) is 30.0 Å². The van der Waals surface area contributed by atoms with Crippen LogP contribution in [0.1, 0.15) is 10.5 Å². The molecule has 0 saturated carbocycles. The van der Waals surface area contributed by atoms with Crippen molar-refractivity contribution in [2.24, 2.45) is 0 Å². The van der Waals surface area contributed by atoms with E-state index in [2.05, 4.69) is 4.98 Å². The molecule has 4 heteroatoms. The van der Waals surface area contributed by atoms with Crippen LogP contribution in [0.5, 0.6) is 0 Å². The summed E-state index contributed by atoms with van der Waals surface area (Å²) in [5, 5.41) is 1.04. The fraction of sp³-hybridized carbons (Fsp3) is 0. The molecular formula is C10H5ClFNO. The summed E-state index contributed by atoms with van der Waals surface area (Å²) < 4.78 is 12.8. The molecule has 14 heavy (non-hydrogen) atoms. The predicted octanol–water partition coefficient (Wildman–Crippen LogP) is 2.84. The Morgan fingerprint density at radius 1 is 1.36 bits per heavy atom. The molecule has 0 aliphatic heterocycles. The molecule has 0 aliphatic carbocycles. The van der Waals surface area contributed by atoms with Crippen LogP contribution in [0.25, 0.3) is 10.9 Å². The monoisotopic (exact) mass is 209 g/mol. The van der Waals surface area contributed by atoms with Gasteiger partial charge in [-0.25, -0.2) is 9.37 Å². The van der Waals surface area contributed by atoms with Crippen molar-refractivity contribution in [3.63, 3.8) is 0 Å². The third kappa shape index (κ3) is 1.46. The number of rotatable bonds is 1. The van der Waals surface area contributed by atoms with Crippen molar-refractivity contribution < 1.29 is 9.18 Å². The normalized spacial score (nSPS) is 10.4. The van der Waals surface area contributed by atoms with Crippen molar-refractivity contribution in [1.82, 2.24) is 4.98 Å². The number of halogens is 2. The number of pyridine rings is 1. The maximum atomic E-state index is 12.8. The Labute approximate surface area is 84.3 Å². The van der Waals surface area contributed by atoms with E-state index in [0.717, 1.165) is 0 Å². The zero-order valence-electron chi connectivity index (χ0n) is 7.00. The molecule has 0 fully saturated rings. The quantitative estimate of drug-likeness (QED) is 0.676. The minimum absolute atomic E-state index is 0.202. The second-order valence-corrected chi connectivity index (χ2v) is 3.22.